The highest BCUT2D eigenvalue weighted by Gasteiger charge is 2.27. The van der Waals surface area contributed by atoms with Crippen molar-refractivity contribution in [3.63, 3.8) is 0 Å². The molecule has 21 heavy (non-hydrogen) atoms. The van der Waals surface area contributed by atoms with Crippen LogP contribution in [0.2, 0.25) is 0 Å². The van der Waals surface area contributed by atoms with Gasteiger partial charge < -0.3 is 15.2 Å². The van der Waals surface area contributed by atoms with Crippen molar-refractivity contribution < 1.29 is 4.52 Å². The third-order valence-corrected chi connectivity index (χ3v) is 3.45. The largest absolute Gasteiger partial charge is 0.342 e. The van der Waals surface area contributed by atoms with Crippen LogP contribution in [0, 0.1) is 5.41 Å². The van der Waals surface area contributed by atoms with Gasteiger partial charge in [-0.3, -0.25) is 0 Å². The highest BCUT2D eigenvalue weighted by Crippen LogP contribution is 2.29. The van der Waals surface area contributed by atoms with Gasteiger partial charge in [-0.25, -0.2) is 4.98 Å². The number of hydrogen-bond donors (Lipinski definition) is 2. The number of nitrogens with one attached hydrogen (secondary N) is 1. The third kappa shape index (κ3) is 2.80. The lowest BCUT2D eigenvalue weighted by molar-refractivity contribution is 0.252. The first-order valence-electron chi connectivity index (χ1n) is 6.95. The van der Waals surface area contributed by atoms with E-state index >= 15 is 0 Å². The molecule has 0 bridgehead atoms. The minimum atomic E-state index is -0.283. The number of benzene rings is 1. The second-order valence-corrected chi connectivity index (χ2v) is 6.27. The van der Waals surface area contributed by atoms with Gasteiger partial charge in [-0.2, -0.15) is 4.98 Å². The molecule has 3 N–H and O–H groups in total. The number of rotatable bonds is 3. The van der Waals surface area contributed by atoms with E-state index in [9.17, 15) is 0 Å². The van der Waals surface area contributed by atoms with Crippen LogP contribution < -0.4 is 5.73 Å². The Balaban J connectivity index is 1.81. The maximum Gasteiger partial charge on any atom is 0.244 e. The van der Waals surface area contributed by atoms with Crippen molar-refractivity contribution in [1.29, 1.82) is 0 Å². The van der Waals surface area contributed by atoms with Gasteiger partial charge in [0, 0.05) is 0 Å². The van der Waals surface area contributed by atoms with Gasteiger partial charge >= 0.3 is 0 Å². The molecule has 110 valence electrons. The highest BCUT2D eigenvalue weighted by molar-refractivity contribution is 5.74. The zero-order valence-electron chi connectivity index (χ0n) is 12.4. The molecule has 3 aromatic rings. The van der Waals surface area contributed by atoms with Gasteiger partial charge in [-0.1, -0.05) is 38.1 Å². The highest BCUT2D eigenvalue weighted by atomic mass is 16.5. The first-order chi connectivity index (χ1) is 9.93. The molecule has 2 aromatic heterocycles. The average molecular weight is 285 g/mol. The van der Waals surface area contributed by atoms with Crippen LogP contribution in [0.15, 0.2) is 28.8 Å². The van der Waals surface area contributed by atoms with Crippen molar-refractivity contribution in [3.8, 4) is 0 Å². The standard InChI is InChI=1S/C15H19N5O/c1-15(2,3)13(16)14-19-12(20-21-14)8-11-17-9-6-4-5-7-10(9)18-11/h4-7,13H,8,16H2,1-3H3,(H,17,18)/t13-/m1/s1. The molecule has 0 radical (unpaired) electrons. The monoisotopic (exact) mass is 285 g/mol. The molecule has 2 heterocycles. The van der Waals surface area contributed by atoms with Gasteiger partial charge in [0.05, 0.1) is 23.5 Å². The zero-order chi connectivity index (χ0) is 15.0. The maximum atomic E-state index is 6.12. The smallest absolute Gasteiger partial charge is 0.244 e. The second kappa shape index (κ2) is 4.96. The third-order valence-electron chi connectivity index (χ3n) is 3.45. The zero-order valence-corrected chi connectivity index (χ0v) is 12.4. The number of aromatic nitrogens is 4. The number of para-hydroxylation sites is 2. The summed E-state index contributed by atoms with van der Waals surface area (Å²) in [6.07, 6.45) is 0.495. The van der Waals surface area contributed by atoms with Crippen molar-refractivity contribution in [2.45, 2.75) is 33.2 Å². The first kappa shape index (κ1) is 13.8. The number of H-pyrrole nitrogens is 1. The number of nitrogens with two attached hydrogens (primary N) is 1. The van der Waals surface area contributed by atoms with E-state index in [-0.39, 0.29) is 11.5 Å². The Morgan fingerprint density at radius 2 is 2.00 bits per heavy atom. The predicted molar refractivity (Wildman–Crippen MR) is 79.6 cm³/mol. The van der Waals surface area contributed by atoms with Crippen molar-refractivity contribution >= 4 is 11.0 Å². The van der Waals surface area contributed by atoms with Crippen LogP contribution in [-0.4, -0.2) is 20.1 Å². The second-order valence-electron chi connectivity index (χ2n) is 6.27. The van der Waals surface area contributed by atoms with E-state index in [0.29, 0.717) is 18.1 Å². The van der Waals surface area contributed by atoms with Gasteiger partial charge in [-0.15, -0.1) is 0 Å². The lowest BCUT2D eigenvalue weighted by atomic mass is 9.87. The number of aromatic amines is 1. The summed E-state index contributed by atoms with van der Waals surface area (Å²) in [5, 5.41) is 3.99. The number of nitrogens with zero attached hydrogens (tertiary/aromatic N) is 3. The fraction of sp³-hybridized carbons (Fsp3) is 0.400. The predicted octanol–water partition coefficient (Wildman–Crippen LogP) is 2.58. The molecule has 1 aromatic carbocycles. The van der Waals surface area contributed by atoms with Crippen molar-refractivity contribution in [1.82, 2.24) is 20.1 Å². The molecule has 0 saturated carbocycles. The van der Waals surface area contributed by atoms with E-state index in [4.69, 9.17) is 10.3 Å². The summed E-state index contributed by atoms with van der Waals surface area (Å²) in [5.41, 5.74) is 7.93. The summed E-state index contributed by atoms with van der Waals surface area (Å²) in [5.74, 6) is 1.87. The van der Waals surface area contributed by atoms with Crippen LogP contribution in [0.3, 0.4) is 0 Å². The molecule has 0 saturated heterocycles. The Kier molecular flexibility index (Phi) is 3.25. The molecular weight excluding hydrogens is 266 g/mol. The first-order valence-corrected chi connectivity index (χ1v) is 6.95. The number of fused-ring (bicyclic) bond motifs is 1. The summed E-state index contributed by atoms with van der Waals surface area (Å²) in [7, 11) is 0. The lowest BCUT2D eigenvalue weighted by Crippen LogP contribution is -2.26. The minimum Gasteiger partial charge on any atom is -0.342 e. The fourth-order valence-corrected chi connectivity index (χ4v) is 2.08. The molecule has 0 spiro atoms. The lowest BCUT2D eigenvalue weighted by Gasteiger charge is -2.23. The molecule has 6 nitrogen and oxygen atoms in total. The fourth-order valence-electron chi connectivity index (χ4n) is 2.08. The normalized spacial score (nSPS) is 13.7. The van der Waals surface area contributed by atoms with E-state index in [1.165, 1.54) is 0 Å². The molecular formula is C15H19N5O. The van der Waals surface area contributed by atoms with E-state index in [2.05, 4.69) is 20.1 Å². The Morgan fingerprint density at radius 3 is 2.71 bits per heavy atom. The summed E-state index contributed by atoms with van der Waals surface area (Å²) in [6, 6.07) is 7.60. The van der Waals surface area contributed by atoms with Crippen LogP contribution in [-0.2, 0) is 6.42 Å². The van der Waals surface area contributed by atoms with Crippen LogP contribution >= 0.6 is 0 Å². The Hall–Kier alpha value is -2.21. The Bertz CT molecular complexity index is 720. The van der Waals surface area contributed by atoms with Gasteiger partial charge in [-0.05, 0) is 17.5 Å². The number of hydrogen-bond acceptors (Lipinski definition) is 5. The summed E-state index contributed by atoms with van der Waals surface area (Å²) in [6.45, 7) is 6.13. The molecule has 0 aliphatic rings. The Morgan fingerprint density at radius 1 is 1.24 bits per heavy atom. The van der Waals surface area contributed by atoms with Crippen molar-refractivity contribution in [3.05, 3.63) is 41.8 Å². The van der Waals surface area contributed by atoms with Crippen molar-refractivity contribution in [2.75, 3.05) is 0 Å². The van der Waals surface area contributed by atoms with Crippen LogP contribution in [0.25, 0.3) is 11.0 Å². The van der Waals surface area contributed by atoms with Gasteiger partial charge in [0.1, 0.15) is 5.82 Å². The van der Waals surface area contributed by atoms with Crippen LogP contribution in [0.4, 0.5) is 0 Å². The molecule has 1 atom stereocenters. The van der Waals surface area contributed by atoms with E-state index in [1.807, 2.05) is 45.0 Å². The van der Waals surface area contributed by atoms with E-state index in [0.717, 1.165) is 16.9 Å². The van der Waals surface area contributed by atoms with Gasteiger partial charge in [0.25, 0.3) is 0 Å². The van der Waals surface area contributed by atoms with Crippen LogP contribution in [0.1, 0.15) is 44.4 Å². The van der Waals surface area contributed by atoms with E-state index in [1.54, 1.807) is 0 Å². The van der Waals surface area contributed by atoms with Crippen molar-refractivity contribution in [2.24, 2.45) is 11.1 Å². The quantitative estimate of drug-likeness (QED) is 0.771. The maximum absolute atomic E-state index is 6.12. The molecule has 0 fully saturated rings. The van der Waals surface area contributed by atoms with Gasteiger partial charge in [0.2, 0.25) is 5.89 Å². The average Bonchev–Trinajstić information content (AvgIpc) is 3.03. The summed E-state index contributed by atoms with van der Waals surface area (Å²) < 4.78 is 5.27. The number of imidazole rings is 1. The molecule has 0 aliphatic carbocycles. The Labute approximate surface area is 122 Å². The van der Waals surface area contributed by atoms with Crippen LogP contribution in [0.5, 0.6) is 0 Å². The van der Waals surface area contributed by atoms with Gasteiger partial charge in [0.15, 0.2) is 5.82 Å². The molecule has 3 rings (SSSR count). The topological polar surface area (TPSA) is 93.6 Å². The SMILES string of the molecule is CC(C)(C)[C@H](N)c1nc(Cc2nc3ccccc3[nH]2)no1. The molecule has 0 amide bonds. The minimum absolute atomic E-state index is 0.122. The molecule has 6 heteroatoms. The molecule has 0 unspecified atom stereocenters. The summed E-state index contributed by atoms with van der Waals surface area (Å²) in [4.78, 5) is 12.1. The summed E-state index contributed by atoms with van der Waals surface area (Å²) >= 11 is 0. The molecule has 0 aliphatic heterocycles. The van der Waals surface area contributed by atoms with E-state index < -0.39 is 0 Å².